The van der Waals surface area contributed by atoms with Gasteiger partial charge in [-0.15, -0.1) is 0 Å². The zero-order valence-corrected chi connectivity index (χ0v) is 12.7. The molecule has 3 aromatic rings. The summed E-state index contributed by atoms with van der Waals surface area (Å²) >= 11 is 0. The Morgan fingerprint density at radius 3 is 2.50 bits per heavy atom. The largest absolute Gasteiger partial charge is 0.310 e. The number of anilines is 1. The second kappa shape index (κ2) is 5.22. The second-order valence-corrected chi connectivity index (χ2v) is 6.00. The average molecular weight is 295 g/mol. The maximum atomic E-state index is 12.3. The molecule has 3 rings (SSSR count). The van der Waals surface area contributed by atoms with Crippen molar-refractivity contribution in [3.05, 3.63) is 48.5 Å². The minimum absolute atomic E-state index is 0.149. The number of carbonyl (C=O) groups excluding carboxylic acids is 1. The van der Waals surface area contributed by atoms with E-state index in [1.807, 2.05) is 22.8 Å². The van der Waals surface area contributed by atoms with E-state index in [1.54, 1.807) is 18.5 Å². The molecule has 0 saturated heterocycles. The number of amides is 1. The van der Waals surface area contributed by atoms with E-state index in [0.29, 0.717) is 22.5 Å². The molecule has 6 heteroatoms. The third kappa shape index (κ3) is 2.55. The molecule has 1 N–H and O–H groups in total. The summed E-state index contributed by atoms with van der Waals surface area (Å²) in [6, 6.07) is 9.01. The van der Waals surface area contributed by atoms with Crippen molar-refractivity contribution in [2.45, 2.75) is 26.3 Å². The highest BCUT2D eigenvalue weighted by atomic mass is 16.1. The summed E-state index contributed by atoms with van der Waals surface area (Å²) in [5.41, 5.74) is 1.71. The van der Waals surface area contributed by atoms with Crippen molar-refractivity contribution in [1.82, 2.24) is 19.5 Å². The van der Waals surface area contributed by atoms with Crippen LogP contribution in [0, 0.1) is 0 Å². The van der Waals surface area contributed by atoms with Gasteiger partial charge < -0.3 is 9.88 Å². The summed E-state index contributed by atoms with van der Waals surface area (Å²) in [5.74, 6) is 0.202. The van der Waals surface area contributed by atoms with Crippen molar-refractivity contribution >= 4 is 22.9 Å². The van der Waals surface area contributed by atoms with Crippen LogP contribution in [0.25, 0.3) is 11.2 Å². The summed E-state index contributed by atoms with van der Waals surface area (Å²) in [7, 11) is 0. The molecule has 2 heterocycles. The summed E-state index contributed by atoms with van der Waals surface area (Å²) in [4.78, 5) is 25.0. The number of nitrogens with one attached hydrogen (secondary N) is 1. The van der Waals surface area contributed by atoms with Gasteiger partial charge in [0.2, 0.25) is 0 Å². The third-order valence-electron chi connectivity index (χ3n) is 3.32. The van der Waals surface area contributed by atoms with Crippen molar-refractivity contribution in [1.29, 1.82) is 0 Å². The van der Waals surface area contributed by atoms with Crippen LogP contribution in [0.5, 0.6) is 0 Å². The van der Waals surface area contributed by atoms with E-state index in [2.05, 4.69) is 41.0 Å². The Bertz CT molecular complexity index is 817. The molecule has 0 aliphatic carbocycles. The van der Waals surface area contributed by atoms with E-state index in [-0.39, 0.29) is 11.4 Å². The molecule has 0 bridgehead atoms. The first-order valence-corrected chi connectivity index (χ1v) is 7.02. The fourth-order valence-electron chi connectivity index (χ4n) is 2.19. The normalized spacial score (nSPS) is 11.6. The fraction of sp³-hybridized carbons (Fsp3) is 0.250. The lowest BCUT2D eigenvalue weighted by Gasteiger charge is -2.20. The number of fused-ring (bicyclic) bond motifs is 1. The number of imidazole rings is 1. The molecule has 0 aliphatic heterocycles. The van der Waals surface area contributed by atoms with Gasteiger partial charge in [-0.05, 0) is 32.9 Å². The molecule has 0 atom stereocenters. The fourth-order valence-corrected chi connectivity index (χ4v) is 2.19. The molecule has 112 valence electrons. The zero-order valence-electron chi connectivity index (χ0n) is 12.7. The number of rotatable bonds is 2. The number of hydrogen-bond acceptors (Lipinski definition) is 4. The molecule has 22 heavy (non-hydrogen) atoms. The van der Waals surface area contributed by atoms with E-state index < -0.39 is 0 Å². The summed E-state index contributed by atoms with van der Waals surface area (Å²) < 4.78 is 1.96. The lowest BCUT2D eigenvalue weighted by atomic mass is 10.1. The lowest BCUT2D eigenvalue weighted by Crippen LogP contribution is -2.21. The molecule has 2 aromatic heterocycles. The van der Waals surface area contributed by atoms with Gasteiger partial charge in [0.25, 0.3) is 5.91 Å². The molecule has 0 spiro atoms. The Morgan fingerprint density at radius 1 is 1.09 bits per heavy atom. The first kappa shape index (κ1) is 14.2. The van der Waals surface area contributed by atoms with Gasteiger partial charge in [0, 0.05) is 11.1 Å². The van der Waals surface area contributed by atoms with Gasteiger partial charge >= 0.3 is 0 Å². The Morgan fingerprint density at radius 2 is 1.82 bits per heavy atom. The predicted molar refractivity (Wildman–Crippen MR) is 84.7 cm³/mol. The first-order valence-electron chi connectivity index (χ1n) is 7.02. The van der Waals surface area contributed by atoms with E-state index >= 15 is 0 Å². The van der Waals surface area contributed by atoms with Crippen LogP contribution in [0.1, 0.15) is 31.1 Å². The molecule has 0 saturated carbocycles. The third-order valence-corrected chi connectivity index (χ3v) is 3.32. The Balaban J connectivity index is 1.99. The van der Waals surface area contributed by atoms with E-state index in [4.69, 9.17) is 0 Å². The Hall–Kier alpha value is -2.76. The number of aromatic nitrogens is 4. The standard InChI is InChI=1S/C16H17N5O/c1-16(2,3)21-10-19-12-13(17-9-18-14(12)21)20-15(22)11-7-5-4-6-8-11/h4-10H,1-3H3,(H,17,18,20,22). The van der Waals surface area contributed by atoms with E-state index in [0.717, 1.165) is 0 Å². The molecular weight excluding hydrogens is 278 g/mol. The van der Waals surface area contributed by atoms with Crippen LogP contribution in [-0.2, 0) is 5.54 Å². The Kier molecular flexibility index (Phi) is 3.36. The highest BCUT2D eigenvalue weighted by molar-refractivity contribution is 6.06. The predicted octanol–water partition coefficient (Wildman–Crippen LogP) is 2.83. The SMILES string of the molecule is CC(C)(C)n1cnc2c(NC(=O)c3ccccc3)ncnc21. The van der Waals surface area contributed by atoms with Crippen molar-refractivity contribution in [3.8, 4) is 0 Å². The second-order valence-electron chi connectivity index (χ2n) is 6.00. The topological polar surface area (TPSA) is 72.7 Å². The van der Waals surface area contributed by atoms with E-state index in [1.165, 1.54) is 6.33 Å². The van der Waals surface area contributed by atoms with Crippen LogP contribution in [-0.4, -0.2) is 25.4 Å². The molecule has 1 amide bonds. The van der Waals surface area contributed by atoms with Gasteiger partial charge in [-0.3, -0.25) is 4.79 Å². The molecule has 0 aliphatic rings. The van der Waals surface area contributed by atoms with Crippen molar-refractivity contribution in [3.63, 3.8) is 0 Å². The maximum Gasteiger partial charge on any atom is 0.256 e. The molecule has 0 unspecified atom stereocenters. The van der Waals surface area contributed by atoms with Gasteiger partial charge in [-0.25, -0.2) is 15.0 Å². The van der Waals surface area contributed by atoms with Crippen molar-refractivity contribution in [2.75, 3.05) is 5.32 Å². The number of nitrogens with zero attached hydrogens (tertiary/aromatic N) is 4. The van der Waals surface area contributed by atoms with Gasteiger partial charge in [-0.1, -0.05) is 18.2 Å². The van der Waals surface area contributed by atoms with Crippen molar-refractivity contribution in [2.24, 2.45) is 0 Å². The van der Waals surface area contributed by atoms with Crippen LogP contribution in [0.15, 0.2) is 43.0 Å². The smallest absolute Gasteiger partial charge is 0.256 e. The van der Waals surface area contributed by atoms with Crippen LogP contribution < -0.4 is 5.32 Å². The minimum atomic E-state index is -0.217. The molecule has 6 nitrogen and oxygen atoms in total. The maximum absolute atomic E-state index is 12.3. The summed E-state index contributed by atoms with van der Waals surface area (Å²) in [5, 5.41) is 2.80. The van der Waals surface area contributed by atoms with Gasteiger partial charge in [0.1, 0.15) is 6.33 Å². The highest BCUT2D eigenvalue weighted by Crippen LogP contribution is 2.23. The number of benzene rings is 1. The zero-order chi connectivity index (χ0) is 15.7. The summed E-state index contributed by atoms with van der Waals surface area (Å²) in [6.45, 7) is 6.20. The van der Waals surface area contributed by atoms with Crippen LogP contribution in [0.3, 0.4) is 0 Å². The monoisotopic (exact) mass is 295 g/mol. The highest BCUT2D eigenvalue weighted by Gasteiger charge is 2.19. The van der Waals surface area contributed by atoms with E-state index in [9.17, 15) is 4.79 Å². The average Bonchev–Trinajstić information content (AvgIpc) is 2.93. The van der Waals surface area contributed by atoms with Crippen LogP contribution >= 0.6 is 0 Å². The summed E-state index contributed by atoms with van der Waals surface area (Å²) in [6.07, 6.45) is 3.16. The molecule has 0 radical (unpaired) electrons. The Labute approximate surface area is 128 Å². The first-order chi connectivity index (χ1) is 10.5. The molecule has 1 aromatic carbocycles. The van der Waals surface area contributed by atoms with Gasteiger partial charge in [0.05, 0.1) is 6.33 Å². The minimum Gasteiger partial charge on any atom is -0.310 e. The van der Waals surface area contributed by atoms with Gasteiger partial charge in [0.15, 0.2) is 17.0 Å². The quantitative estimate of drug-likeness (QED) is 0.789. The number of carbonyl (C=O) groups is 1. The van der Waals surface area contributed by atoms with Crippen molar-refractivity contribution < 1.29 is 4.79 Å². The number of hydrogen-bond donors (Lipinski definition) is 1. The lowest BCUT2D eigenvalue weighted by molar-refractivity contribution is 0.102. The van der Waals surface area contributed by atoms with Gasteiger partial charge in [-0.2, -0.15) is 0 Å². The molecule has 0 fully saturated rings. The van der Waals surface area contributed by atoms with Crippen LogP contribution in [0.4, 0.5) is 5.82 Å². The molecular formula is C16H17N5O. The van der Waals surface area contributed by atoms with Crippen LogP contribution in [0.2, 0.25) is 0 Å².